The normalized spacial score (nSPS) is 14.3. The minimum absolute atomic E-state index is 0.0758. The molecule has 1 aromatic carbocycles. The monoisotopic (exact) mass is 279 g/mol. The molecule has 1 heterocycles. The predicted molar refractivity (Wildman–Crippen MR) is 74.3 cm³/mol. The van der Waals surface area contributed by atoms with Crippen LogP contribution in [0.5, 0.6) is 0 Å². The zero-order valence-corrected chi connectivity index (χ0v) is 12.1. The highest BCUT2D eigenvalue weighted by Gasteiger charge is 2.16. The van der Waals surface area contributed by atoms with Crippen LogP contribution in [0.25, 0.3) is 0 Å². The molecule has 2 unspecified atom stereocenters. The number of hydrogen-bond donors (Lipinski definition) is 1. The number of rotatable bonds is 4. The summed E-state index contributed by atoms with van der Waals surface area (Å²) in [5.74, 6) is -1.64. The number of aryl methyl sites for hydroxylation is 1. The lowest BCUT2D eigenvalue weighted by molar-refractivity contribution is 0.478. The molecule has 2 aromatic rings. The van der Waals surface area contributed by atoms with Crippen LogP contribution < -0.4 is 5.32 Å². The van der Waals surface area contributed by atoms with Gasteiger partial charge in [-0.2, -0.15) is 5.10 Å². The van der Waals surface area contributed by atoms with Crippen LogP contribution >= 0.6 is 0 Å². The summed E-state index contributed by atoms with van der Waals surface area (Å²) in [4.78, 5) is 0. The van der Waals surface area contributed by atoms with Crippen LogP contribution in [0.4, 0.5) is 8.78 Å². The molecule has 0 aliphatic heterocycles. The van der Waals surface area contributed by atoms with E-state index >= 15 is 0 Å². The van der Waals surface area contributed by atoms with Gasteiger partial charge in [-0.25, -0.2) is 8.78 Å². The molecule has 3 nitrogen and oxygen atoms in total. The van der Waals surface area contributed by atoms with E-state index in [9.17, 15) is 8.78 Å². The van der Waals surface area contributed by atoms with Gasteiger partial charge < -0.3 is 5.32 Å². The van der Waals surface area contributed by atoms with Gasteiger partial charge in [0.1, 0.15) is 0 Å². The molecule has 2 rings (SSSR count). The standard InChI is InChI=1S/C15H19F2N3/c1-9(12-5-6-14(16)15(17)7-12)19-10(2)13-8-18-20(4)11(13)3/h5-10,19H,1-4H3. The molecule has 0 bridgehead atoms. The van der Waals surface area contributed by atoms with Crippen LogP contribution in [-0.4, -0.2) is 9.78 Å². The summed E-state index contributed by atoms with van der Waals surface area (Å²) in [6.07, 6.45) is 1.82. The molecule has 5 heteroatoms. The van der Waals surface area contributed by atoms with Gasteiger partial charge in [0.15, 0.2) is 11.6 Å². The van der Waals surface area contributed by atoms with Gasteiger partial charge in [-0.3, -0.25) is 4.68 Å². The van der Waals surface area contributed by atoms with E-state index in [1.807, 2.05) is 38.7 Å². The molecule has 0 saturated carbocycles. The summed E-state index contributed by atoms with van der Waals surface area (Å²) >= 11 is 0. The Morgan fingerprint density at radius 2 is 1.85 bits per heavy atom. The topological polar surface area (TPSA) is 29.9 Å². The smallest absolute Gasteiger partial charge is 0.159 e. The Bertz CT molecular complexity index is 607. The number of benzene rings is 1. The Morgan fingerprint density at radius 1 is 1.15 bits per heavy atom. The van der Waals surface area contributed by atoms with E-state index in [4.69, 9.17) is 0 Å². The van der Waals surface area contributed by atoms with E-state index < -0.39 is 11.6 Å². The first-order valence-electron chi connectivity index (χ1n) is 6.59. The SMILES string of the molecule is Cc1c(C(C)NC(C)c2ccc(F)c(F)c2)cnn1C. The highest BCUT2D eigenvalue weighted by Crippen LogP contribution is 2.22. The molecule has 0 fully saturated rings. The molecule has 0 radical (unpaired) electrons. The Morgan fingerprint density at radius 3 is 2.40 bits per heavy atom. The zero-order chi connectivity index (χ0) is 14.9. The first-order valence-corrected chi connectivity index (χ1v) is 6.59. The third kappa shape index (κ3) is 2.88. The van der Waals surface area contributed by atoms with E-state index in [0.29, 0.717) is 0 Å². The Labute approximate surface area is 117 Å². The van der Waals surface area contributed by atoms with Gasteiger partial charge in [-0.05, 0) is 38.5 Å². The Balaban J connectivity index is 2.12. The van der Waals surface area contributed by atoms with Gasteiger partial charge in [-0.15, -0.1) is 0 Å². The van der Waals surface area contributed by atoms with Gasteiger partial charge in [-0.1, -0.05) is 6.07 Å². The van der Waals surface area contributed by atoms with Crippen molar-refractivity contribution in [3.8, 4) is 0 Å². The van der Waals surface area contributed by atoms with Crippen LogP contribution in [0.1, 0.15) is 42.8 Å². The maximum absolute atomic E-state index is 13.3. The maximum Gasteiger partial charge on any atom is 0.159 e. The van der Waals surface area contributed by atoms with Crippen molar-refractivity contribution in [1.29, 1.82) is 0 Å². The number of nitrogens with one attached hydrogen (secondary N) is 1. The second kappa shape index (κ2) is 5.71. The summed E-state index contributed by atoms with van der Waals surface area (Å²) in [7, 11) is 1.89. The zero-order valence-electron chi connectivity index (χ0n) is 12.1. The molecule has 0 spiro atoms. The molecule has 2 atom stereocenters. The highest BCUT2D eigenvalue weighted by molar-refractivity contribution is 5.23. The molecule has 1 N–H and O–H groups in total. The predicted octanol–water partition coefficient (Wildman–Crippen LogP) is 3.42. The summed E-state index contributed by atoms with van der Waals surface area (Å²) in [6, 6.07) is 3.98. The van der Waals surface area contributed by atoms with E-state index in [2.05, 4.69) is 10.4 Å². The van der Waals surface area contributed by atoms with Gasteiger partial charge in [0, 0.05) is 30.4 Å². The average molecular weight is 279 g/mol. The van der Waals surface area contributed by atoms with Crippen molar-refractivity contribution >= 4 is 0 Å². The van der Waals surface area contributed by atoms with E-state index in [1.165, 1.54) is 6.07 Å². The number of hydrogen-bond acceptors (Lipinski definition) is 2. The molecule has 1 aromatic heterocycles. The molecule has 0 aliphatic carbocycles. The second-order valence-corrected chi connectivity index (χ2v) is 5.09. The third-order valence-corrected chi connectivity index (χ3v) is 3.68. The Kier molecular flexibility index (Phi) is 4.18. The average Bonchev–Trinajstić information content (AvgIpc) is 2.73. The van der Waals surface area contributed by atoms with Crippen molar-refractivity contribution in [2.24, 2.45) is 7.05 Å². The summed E-state index contributed by atoms with van der Waals surface area (Å²) in [6.45, 7) is 5.96. The Hall–Kier alpha value is -1.75. The van der Waals surface area contributed by atoms with Crippen molar-refractivity contribution < 1.29 is 8.78 Å². The van der Waals surface area contributed by atoms with Crippen molar-refractivity contribution in [2.75, 3.05) is 0 Å². The van der Waals surface area contributed by atoms with Gasteiger partial charge in [0.2, 0.25) is 0 Å². The van der Waals surface area contributed by atoms with Crippen molar-refractivity contribution in [3.05, 3.63) is 52.9 Å². The van der Waals surface area contributed by atoms with Gasteiger partial charge in [0.25, 0.3) is 0 Å². The van der Waals surface area contributed by atoms with Crippen molar-refractivity contribution in [2.45, 2.75) is 32.9 Å². The van der Waals surface area contributed by atoms with E-state index in [1.54, 1.807) is 6.07 Å². The first-order chi connectivity index (χ1) is 9.40. The minimum atomic E-state index is -0.822. The maximum atomic E-state index is 13.3. The number of aromatic nitrogens is 2. The third-order valence-electron chi connectivity index (χ3n) is 3.68. The van der Waals surface area contributed by atoms with Crippen LogP contribution in [0.2, 0.25) is 0 Å². The summed E-state index contributed by atoms with van der Waals surface area (Å²) in [5, 5.41) is 7.58. The molecule has 108 valence electrons. The second-order valence-electron chi connectivity index (χ2n) is 5.09. The highest BCUT2D eigenvalue weighted by atomic mass is 19.2. The van der Waals surface area contributed by atoms with E-state index in [0.717, 1.165) is 22.9 Å². The number of nitrogens with zero attached hydrogens (tertiary/aromatic N) is 2. The van der Waals surface area contributed by atoms with Crippen LogP contribution in [0.15, 0.2) is 24.4 Å². The van der Waals surface area contributed by atoms with E-state index in [-0.39, 0.29) is 12.1 Å². The number of halogens is 2. The minimum Gasteiger partial charge on any atom is -0.304 e. The molecular weight excluding hydrogens is 260 g/mol. The molecule has 0 saturated heterocycles. The fourth-order valence-electron chi connectivity index (χ4n) is 2.28. The van der Waals surface area contributed by atoms with Crippen LogP contribution in [0, 0.1) is 18.6 Å². The fourth-order valence-corrected chi connectivity index (χ4v) is 2.28. The van der Waals surface area contributed by atoms with Crippen LogP contribution in [-0.2, 0) is 7.05 Å². The molecule has 0 aliphatic rings. The van der Waals surface area contributed by atoms with Gasteiger partial charge >= 0.3 is 0 Å². The summed E-state index contributed by atoms with van der Waals surface area (Å²) < 4.78 is 28.0. The lowest BCUT2D eigenvalue weighted by Gasteiger charge is -2.20. The lowest BCUT2D eigenvalue weighted by atomic mass is 10.0. The fraction of sp³-hybridized carbons (Fsp3) is 0.400. The van der Waals surface area contributed by atoms with Gasteiger partial charge in [0.05, 0.1) is 6.20 Å². The van der Waals surface area contributed by atoms with Crippen LogP contribution in [0.3, 0.4) is 0 Å². The van der Waals surface area contributed by atoms with Crippen molar-refractivity contribution in [3.63, 3.8) is 0 Å². The lowest BCUT2D eigenvalue weighted by Crippen LogP contribution is -2.23. The largest absolute Gasteiger partial charge is 0.304 e. The quantitative estimate of drug-likeness (QED) is 0.929. The summed E-state index contributed by atoms with van der Waals surface area (Å²) in [5.41, 5.74) is 2.90. The van der Waals surface area contributed by atoms with Crippen molar-refractivity contribution in [1.82, 2.24) is 15.1 Å². The molecule has 0 amide bonds. The first kappa shape index (κ1) is 14.7. The molecular formula is C15H19F2N3. The molecule has 20 heavy (non-hydrogen) atoms.